The van der Waals surface area contributed by atoms with Gasteiger partial charge < -0.3 is 10.2 Å². The summed E-state index contributed by atoms with van der Waals surface area (Å²) >= 11 is 0. The van der Waals surface area contributed by atoms with Crippen LogP contribution in [0.3, 0.4) is 0 Å². The van der Waals surface area contributed by atoms with Gasteiger partial charge in [-0.3, -0.25) is 14.9 Å². The zero-order chi connectivity index (χ0) is 22.6. The molecule has 2 aromatic rings. The molecule has 1 heterocycles. The van der Waals surface area contributed by atoms with Gasteiger partial charge in [0.25, 0.3) is 11.6 Å². The summed E-state index contributed by atoms with van der Waals surface area (Å²) in [6.07, 6.45) is 2.00. The highest BCUT2D eigenvalue weighted by atomic mass is 32.2. The summed E-state index contributed by atoms with van der Waals surface area (Å²) < 4.78 is 27.6. The summed E-state index contributed by atoms with van der Waals surface area (Å²) in [5.74, 6) is -0.475. The molecule has 1 fully saturated rings. The van der Waals surface area contributed by atoms with Crippen molar-refractivity contribution < 1.29 is 18.1 Å². The molecule has 31 heavy (non-hydrogen) atoms. The maximum Gasteiger partial charge on any atom is 0.270 e. The van der Waals surface area contributed by atoms with Gasteiger partial charge in [0.1, 0.15) is 0 Å². The number of hydrogen-bond donors (Lipinski definition) is 2. The first-order valence-corrected chi connectivity index (χ1v) is 11.6. The molecule has 1 aliphatic heterocycles. The Labute approximate surface area is 181 Å². The molecule has 1 aliphatic rings. The highest BCUT2D eigenvalue weighted by molar-refractivity contribution is 7.89. The predicted octanol–water partition coefficient (Wildman–Crippen LogP) is 2.52. The van der Waals surface area contributed by atoms with E-state index in [1.165, 1.54) is 12.1 Å². The van der Waals surface area contributed by atoms with Gasteiger partial charge >= 0.3 is 0 Å². The van der Waals surface area contributed by atoms with E-state index in [1.54, 1.807) is 25.1 Å². The fraction of sp³-hybridized carbons (Fsp3) is 0.381. The quantitative estimate of drug-likeness (QED) is 0.365. The van der Waals surface area contributed by atoms with Gasteiger partial charge in [-0.15, -0.1) is 0 Å². The molecule has 3 rings (SSSR count). The van der Waals surface area contributed by atoms with Crippen molar-refractivity contribution in [2.75, 3.05) is 31.1 Å². The first-order valence-electron chi connectivity index (χ1n) is 10.1. The van der Waals surface area contributed by atoms with E-state index in [0.29, 0.717) is 11.3 Å². The number of amides is 1. The maximum absolute atomic E-state index is 12.8. The number of hydrogen-bond acceptors (Lipinski definition) is 6. The number of carbonyl (C=O) groups is 1. The Morgan fingerprint density at radius 3 is 2.48 bits per heavy atom. The fourth-order valence-corrected chi connectivity index (χ4v) is 4.94. The number of carbonyl (C=O) groups excluding carboxylic acids is 1. The lowest BCUT2D eigenvalue weighted by atomic mass is 10.1. The first kappa shape index (κ1) is 22.7. The van der Waals surface area contributed by atoms with Crippen LogP contribution in [0.1, 0.15) is 34.3 Å². The molecule has 0 aliphatic carbocycles. The van der Waals surface area contributed by atoms with Gasteiger partial charge in [-0.25, -0.2) is 13.1 Å². The van der Waals surface area contributed by atoms with Crippen molar-refractivity contribution in [1.29, 1.82) is 0 Å². The minimum Gasteiger partial charge on any atom is -0.371 e. The number of nitrogens with one attached hydrogen (secondary N) is 2. The molecule has 0 spiro atoms. The van der Waals surface area contributed by atoms with Crippen LogP contribution in [-0.4, -0.2) is 45.4 Å². The van der Waals surface area contributed by atoms with Gasteiger partial charge in [-0.1, -0.05) is 12.1 Å². The summed E-state index contributed by atoms with van der Waals surface area (Å²) in [4.78, 5) is 25.6. The topological polar surface area (TPSA) is 122 Å². The Kier molecular flexibility index (Phi) is 6.91. The van der Waals surface area contributed by atoms with Crippen LogP contribution in [0.5, 0.6) is 0 Å². The molecule has 0 saturated carbocycles. The molecule has 9 nitrogen and oxygen atoms in total. The minimum absolute atomic E-state index is 0.00453. The van der Waals surface area contributed by atoms with Crippen LogP contribution in [0.4, 0.5) is 11.4 Å². The summed E-state index contributed by atoms with van der Waals surface area (Å²) in [6.45, 7) is 5.15. The summed E-state index contributed by atoms with van der Waals surface area (Å²) in [5.41, 5.74) is 2.17. The number of aryl methyl sites for hydroxylation is 2. The fourth-order valence-electron chi connectivity index (χ4n) is 3.58. The molecule has 166 valence electrons. The molecule has 10 heteroatoms. The average molecular weight is 447 g/mol. The van der Waals surface area contributed by atoms with Crippen LogP contribution in [0.25, 0.3) is 0 Å². The normalized spacial score (nSPS) is 13.9. The Balaban J connectivity index is 1.67. The van der Waals surface area contributed by atoms with E-state index in [0.717, 1.165) is 31.5 Å². The second-order valence-corrected chi connectivity index (χ2v) is 9.31. The number of non-ortho nitro benzene ring substituents is 1. The van der Waals surface area contributed by atoms with Crippen molar-refractivity contribution in [2.24, 2.45) is 0 Å². The van der Waals surface area contributed by atoms with E-state index >= 15 is 0 Å². The summed E-state index contributed by atoms with van der Waals surface area (Å²) in [6, 6.07) is 9.44. The molecule has 1 amide bonds. The number of benzene rings is 2. The lowest BCUT2D eigenvalue weighted by molar-refractivity contribution is -0.384. The third kappa shape index (κ3) is 5.39. The number of anilines is 1. The lowest BCUT2D eigenvalue weighted by Crippen LogP contribution is -2.35. The zero-order valence-corrected chi connectivity index (χ0v) is 18.4. The standard InChI is InChI=1S/C21H26N4O5S/c1-15-5-6-16(2)20(13-15)31(29,30)23-10-9-22-21(26)18-14-17(25(27)28)7-8-19(18)24-11-3-4-12-24/h5-8,13-14,23H,3-4,9-12H2,1-2H3,(H,22,26). The first-order chi connectivity index (χ1) is 14.7. The number of nitro benzene ring substituents is 1. The summed E-state index contributed by atoms with van der Waals surface area (Å²) in [7, 11) is -3.71. The van der Waals surface area contributed by atoms with Crippen molar-refractivity contribution in [3.63, 3.8) is 0 Å². The van der Waals surface area contributed by atoms with Gasteiger partial charge in [0.05, 0.1) is 21.1 Å². The van der Waals surface area contributed by atoms with Crippen molar-refractivity contribution in [1.82, 2.24) is 10.0 Å². The van der Waals surface area contributed by atoms with Crippen molar-refractivity contribution >= 4 is 27.3 Å². The lowest BCUT2D eigenvalue weighted by Gasteiger charge is -2.21. The SMILES string of the molecule is Cc1ccc(C)c(S(=O)(=O)NCCNC(=O)c2cc([N+](=O)[O-])ccc2N2CCCC2)c1. The Bertz CT molecular complexity index is 1090. The highest BCUT2D eigenvalue weighted by Crippen LogP contribution is 2.28. The molecule has 2 aromatic carbocycles. The molecular formula is C21H26N4O5S. The Hall–Kier alpha value is -2.98. The average Bonchev–Trinajstić information content (AvgIpc) is 3.27. The number of nitrogens with zero attached hydrogens (tertiary/aromatic N) is 2. The third-order valence-electron chi connectivity index (χ3n) is 5.22. The zero-order valence-electron chi connectivity index (χ0n) is 17.6. The molecule has 1 saturated heterocycles. The van der Waals surface area contributed by atoms with Gasteiger partial charge in [0.2, 0.25) is 10.0 Å². The predicted molar refractivity (Wildman–Crippen MR) is 118 cm³/mol. The molecule has 0 unspecified atom stereocenters. The molecule has 2 N–H and O–H groups in total. The second kappa shape index (κ2) is 9.44. The molecule has 0 atom stereocenters. The second-order valence-electron chi connectivity index (χ2n) is 7.58. The van der Waals surface area contributed by atoms with Crippen molar-refractivity contribution in [3.05, 3.63) is 63.2 Å². The van der Waals surface area contributed by atoms with E-state index in [1.807, 2.05) is 17.9 Å². The maximum atomic E-state index is 12.8. The molecule has 0 bridgehead atoms. The van der Waals surface area contributed by atoms with E-state index < -0.39 is 20.9 Å². The Morgan fingerprint density at radius 1 is 1.10 bits per heavy atom. The molecular weight excluding hydrogens is 420 g/mol. The van der Waals surface area contributed by atoms with E-state index in [2.05, 4.69) is 10.0 Å². The van der Waals surface area contributed by atoms with Crippen LogP contribution in [0.2, 0.25) is 0 Å². The van der Waals surface area contributed by atoms with Gasteiger partial charge in [-0.2, -0.15) is 0 Å². The summed E-state index contributed by atoms with van der Waals surface area (Å²) in [5, 5.41) is 13.8. The molecule has 0 radical (unpaired) electrons. The van der Waals surface area contributed by atoms with Crippen molar-refractivity contribution in [2.45, 2.75) is 31.6 Å². The van der Waals surface area contributed by atoms with Crippen LogP contribution >= 0.6 is 0 Å². The van der Waals surface area contributed by atoms with Crippen LogP contribution in [-0.2, 0) is 10.0 Å². The number of nitro groups is 1. The van der Waals surface area contributed by atoms with Crippen LogP contribution in [0, 0.1) is 24.0 Å². The number of sulfonamides is 1. The van der Waals surface area contributed by atoms with Crippen LogP contribution in [0.15, 0.2) is 41.3 Å². The minimum atomic E-state index is -3.71. The Morgan fingerprint density at radius 2 is 1.81 bits per heavy atom. The molecule has 0 aromatic heterocycles. The monoisotopic (exact) mass is 446 g/mol. The van der Waals surface area contributed by atoms with Crippen molar-refractivity contribution in [3.8, 4) is 0 Å². The van der Waals surface area contributed by atoms with E-state index in [-0.39, 0.29) is 29.2 Å². The smallest absolute Gasteiger partial charge is 0.270 e. The largest absolute Gasteiger partial charge is 0.371 e. The van der Waals surface area contributed by atoms with Crippen LogP contribution < -0.4 is 14.9 Å². The van der Waals surface area contributed by atoms with Gasteiger partial charge in [0.15, 0.2) is 0 Å². The van der Waals surface area contributed by atoms with E-state index in [9.17, 15) is 23.3 Å². The van der Waals surface area contributed by atoms with E-state index in [4.69, 9.17) is 0 Å². The van der Waals surface area contributed by atoms with Gasteiger partial charge in [-0.05, 0) is 49.9 Å². The van der Waals surface area contributed by atoms with Gasteiger partial charge in [0, 0.05) is 38.3 Å². The highest BCUT2D eigenvalue weighted by Gasteiger charge is 2.23. The number of rotatable bonds is 8. The third-order valence-corrected chi connectivity index (χ3v) is 6.82.